The van der Waals surface area contributed by atoms with Crippen molar-refractivity contribution in [2.45, 2.75) is 24.6 Å². The molecule has 1 saturated heterocycles. The third kappa shape index (κ3) is 3.59. The van der Waals surface area contributed by atoms with Crippen molar-refractivity contribution in [1.82, 2.24) is 19.8 Å². The molecule has 1 fully saturated rings. The van der Waals surface area contributed by atoms with Gasteiger partial charge < -0.3 is 10.6 Å². The zero-order valence-electron chi connectivity index (χ0n) is 14.7. The number of hydrogen-bond acceptors (Lipinski definition) is 5. The van der Waals surface area contributed by atoms with Gasteiger partial charge in [-0.15, -0.1) is 14.8 Å². The molecular formula is C17H14F6N6. The summed E-state index contributed by atoms with van der Waals surface area (Å²) in [5, 5.41) is 7.37. The van der Waals surface area contributed by atoms with E-state index in [0.29, 0.717) is 24.8 Å². The molecule has 1 aliphatic heterocycles. The fourth-order valence-electron chi connectivity index (χ4n) is 3.46. The number of hydrogen-bond donors (Lipinski definition) is 1. The highest BCUT2D eigenvalue weighted by Gasteiger charge is 2.37. The number of nitrogens with zero attached hydrogens (tertiary/aromatic N) is 5. The number of piperidine rings is 1. The lowest BCUT2D eigenvalue weighted by Crippen LogP contribution is -2.48. The zero-order valence-corrected chi connectivity index (χ0v) is 14.7. The third-order valence-electron chi connectivity index (χ3n) is 4.87. The van der Waals surface area contributed by atoms with Crippen LogP contribution in [-0.4, -0.2) is 38.9 Å². The summed E-state index contributed by atoms with van der Waals surface area (Å²) in [6.45, 7) is 0.512. The van der Waals surface area contributed by atoms with Crippen LogP contribution >= 0.6 is 0 Å². The molecule has 0 saturated carbocycles. The standard InChI is InChI=1S/C17H14F6N6/c18-10-6-12(20)11(19)5-9(10)8-3-4-28(7-13(8)24)15-2-1-14-25-16(17(21,22)23)27-29(14)26-15/h1-2,5-6,8,13H,3-4,7,24H2/t8-,13?/m1/s1. The fraction of sp³-hybridized carbons (Fsp3) is 0.353. The van der Waals surface area contributed by atoms with E-state index in [4.69, 9.17) is 5.73 Å². The summed E-state index contributed by atoms with van der Waals surface area (Å²) in [6, 6.07) is 3.49. The van der Waals surface area contributed by atoms with Crippen LogP contribution in [0.3, 0.4) is 0 Å². The van der Waals surface area contributed by atoms with E-state index in [1.54, 1.807) is 4.90 Å². The van der Waals surface area contributed by atoms with Crippen LogP contribution < -0.4 is 10.6 Å². The van der Waals surface area contributed by atoms with Crippen molar-refractivity contribution in [1.29, 1.82) is 0 Å². The van der Waals surface area contributed by atoms with Gasteiger partial charge in [0.05, 0.1) is 0 Å². The average Bonchev–Trinajstić information content (AvgIpc) is 3.09. The molecule has 29 heavy (non-hydrogen) atoms. The lowest BCUT2D eigenvalue weighted by atomic mass is 9.85. The topological polar surface area (TPSA) is 72.3 Å². The van der Waals surface area contributed by atoms with Crippen LogP contribution in [0.4, 0.5) is 32.2 Å². The molecule has 4 rings (SSSR count). The van der Waals surface area contributed by atoms with E-state index in [2.05, 4.69) is 15.2 Å². The summed E-state index contributed by atoms with van der Waals surface area (Å²) in [7, 11) is 0. The summed E-state index contributed by atoms with van der Waals surface area (Å²) in [5.74, 6) is -4.84. The first-order valence-corrected chi connectivity index (χ1v) is 8.60. The van der Waals surface area contributed by atoms with Crippen molar-refractivity contribution >= 4 is 11.5 Å². The van der Waals surface area contributed by atoms with Crippen LogP contribution in [-0.2, 0) is 6.18 Å². The Bertz CT molecular complexity index is 1060. The van der Waals surface area contributed by atoms with Crippen molar-refractivity contribution in [3.05, 3.63) is 53.1 Å². The van der Waals surface area contributed by atoms with Crippen molar-refractivity contribution in [3.63, 3.8) is 0 Å². The SMILES string of the molecule is NC1CN(c2ccc3nc(C(F)(F)F)nn3n2)CC[C@@H]1c1cc(F)c(F)cc1F. The highest BCUT2D eigenvalue weighted by Crippen LogP contribution is 2.32. The molecule has 1 aromatic carbocycles. The molecule has 2 atom stereocenters. The summed E-state index contributed by atoms with van der Waals surface area (Å²) in [4.78, 5) is 5.08. The van der Waals surface area contributed by atoms with E-state index in [1.165, 1.54) is 12.1 Å². The maximum atomic E-state index is 14.1. The quantitative estimate of drug-likeness (QED) is 0.514. The Labute approximate surface area is 159 Å². The monoisotopic (exact) mass is 416 g/mol. The lowest BCUT2D eigenvalue weighted by molar-refractivity contribution is -0.144. The van der Waals surface area contributed by atoms with Gasteiger partial charge in [-0.25, -0.2) is 18.2 Å². The van der Waals surface area contributed by atoms with E-state index in [0.717, 1.165) is 10.7 Å². The largest absolute Gasteiger partial charge is 0.453 e. The number of halogens is 6. The van der Waals surface area contributed by atoms with Gasteiger partial charge in [0.2, 0.25) is 0 Å². The van der Waals surface area contributed by atoms with Crippen molar-refractivity contribution in [2.24, 2.45) is 5.73 Å². The Balaban J connectivity index is 1.56. The molecule has 3 aromatic rings. The molecular weight excluding hydrogens is 402 g/mol. The zero-order chi connectivity index (χ0) is 20.9. The van der Waals surface area contributed by atoms with E-state index >= 15 is 0 Å². The van der Waals surface area contributed by atoms with Gasteiger partial charge in [0, 0.05) is 31.1 Å². The first kappa shape index (κ1) is 19.4. The number of anilines is 1. The Kier molecular flexibility index (Phi) is 4.60. The molecule has 2 aromatic heterocycles. The number of aromatic nitrogens is 4. The third-order valence-corrected chi connectivity index (χ3v) is 4.87. The van der Waals surface area contributed by atoms with Crippen molar-refractivity contribution < 1.29 is 26.3 Å². The van der Waals surface area contributed by atoms with Gasteiger partial charge in [-0.1, -0.05) is 0 Å². The van der Waals surface area contributed by atoms with Crippen LogP contribution in [0.25, 0.3) is 5.65 Å². The van der Waals surface area contributed by atoms with Crippen LogP contribution in [0.5, 0.6) is 0 Å². The number of benzene rings is 1. The first-order valence-electron chi connectivity index (χ1n) is 8.60. The second kappa shape index (κ2) is 6.87. The molecule has 2 N–H and O–H groups in total. The van der Waals surface area contributed by atoms with Crippen molar-refractivity contribution in [3.8, 4) is 0 Å². The first-order chi connectivity index (χ1) is 13.6. The molecule has 1 aliphatic rings. The van der Waals surface area contributed by atoms with Gasteiger partial charge in [0.1, 0.15) is 5.82 Å². The lowest BCUT2D eigenvalue weighted by Gasteiger charge is -2.37. The predicted molar refractivity (Wildman–Crippen MR) is 89.6 cm³/mol. The number of alkyl halides is 3. The fourth-order valence-corrected chi connectivity index (χ4v) is 3.46. The van der Waals surface area contributed by atoms with E-state index in [9.17, 15) is 26.3 Å². The molecule has 6 nitrogen and oxygen atoms in total. The van der Waals surface area contributed by atoms with E-state index in [1.807, 2.05) is 0 Å². The highest BCUT2D eigenvalue weighted by molar-refractivity contribution is 5.46. The van der Waals surface area contributed by atoms with Gasteiger partial charge in [-0.2, -0.15) is 13.2 Å². The number of fused-ring (bicyclic) bond motifs is 1. The van der Waals surface area contributed by atoms with E-state index < -0.39 is 41.4 Å². The van der Waals surface area contributed by atoms with Crippen LogP contribution in [0.15, 0.2) is 24.3 Å². The molecule has 1 unspecified atom stereocenters. The second-order valence-corrected chi connectivity index (χ2v) is 6.77. The highest BCUT2D eigenvalue weighted by atomic mass is 19.4. The number of nitrogens with two attached hydrogens (primary N) is 1. The Morgan fingerprint density at radius 1 is 1.00 bits per heavy atom. The van der Waals surface area contributed by atoms with Crippen LogP contribution in [0.1, 0.15) is 23.7 Å². The summed E-state index contributed by atoms with van der Waals surface area (Å²) < 4.78 is 79.8. The minimum Gasteiger partial charge on any atom is -0.354 e. The van der Waals surface area contributed by atoms with Crippen LogP contribution in [0.2, 0.25) is 0 Å². The molecule has 3 heterocycles. The molecule has 12 heteroatoms. The van der Waals surface area contributed by atoms with Crippen LogP contribution in [0, 0.1) is 17.5 Å². The smallest absolute Gasteiger partial charge is 0.354 e. The van der Waals surface area contributed by atoms with Gasteiger partial charge in [-0.05, 0) is 30.2 Å². The molecule has 0 amide bonds. The maximum absolute atomic E-state index is 14.1. The Morgan fingerprint density at radius 3 is 2.41 bits per heavy atom. The minimum absolute atomic E-state index is 0.00874. The Morgan fingerprint density at radius 2 is 1.72 bits per heavy atom. The average molecular weight is 416 g/mol. The van der Waals surface area contributed by atoms with Gasteiger partial charge in [0.15, 0.2) is 23.1 Å². The molecule has 0 radical (unpaired) electrons. The maximum Gasteiger partial charge on any atom is 0.453 e. The van der Waals surface area contributed by atoms with Crippen molar-refractivity contribution in [2.75, 3.05) is 18.0 Å². The Hall–Kier alpha value is -2.89. The molecule has 0 bridgehead atoms. The predicted octanol–water partition coefficient (Wildman–Crippen LogP) is 2.88. The van der Waals surface area contributed by atoms with Gasteiger partial charge in [0.25, 0.3) is 5.82 Å². The second-order valence-electron chi connectivity index (χ2n) is 6.77. The molecule has 0 aliphatic carbocycles. The molecule has 154 valence electrons. The van der Waals surface area contributed by atoms with Gasteiger partial charge in [-0.3, -0.25) is 0 Å². The summed E-state index contributed by atoms with van der Waals surface area (Å²) >= 11 is 0. The van der Waals surface area contributed by atoms with Gasteiger partial charge >= 0.3 is 6.18 Å². The molecule has 0 spiro atoms. The summed E-state index contributed by atoms with van der Waals surface area (Å²) in [5.41, 5.74) is 6.06. The minimum atomic E-state index is -4.69. The van der Waals surface area contributed by atoms with E-state index in [-0.39, 0.29) is 17.8 Å². The normalized spacial score (nSPS) is 20.4. The summed E-state index contributed by atoms with van der Waals surface area (Å²) in [6.07, 6.45) is -4.38. The number of rotatable bonds is 2.